The molecule has 0 aliphatic rings. The Balaban J connectivity index is 1.78. The Morgan fingerprint density at radius 3 is 2.81 bits per heavy atom. The number of nitrogens with zero attached hydrogens (tertiary/aromatic N) is 3. The number of nitrogens with one attached hydrogen (secondary N) is 2. The van der Waals surface area contributed by atoms with Crippen LogP contribution in [0.1, 0.15) is 16.3 Å². The van der Waals surface area contributed by atoms with Crippen molar-refractivity contribution in [2.24, 2.45) is 4.99 Å². The molecule has 0 aliphatic heterocycles. The van der Waals surface area contributed by atoms with Crippen LogP contribution in [0.2, 0.25) is 0 Å². The van der Waals surface area contributed by atoms with Gasteiger partial charge in [0.05, 0.1) is 10.7 Å². The molecule has 0 atom stereocenters. The van der Waals surface area contributed by atoms with E-state index in [1.807, 2.05) is 31.2 Å². The van der Waals surface area contributed by atoms with Gasteiger partial charge in [-0.05, 0) is 24.6 Å². The van der Waals surface area contributed by atoms with Crippen molar-refractivity contribution in [3.63, 3.8) is 0 Å². The largest absolute Gasteiger partial charge is 0.484 e. The quantitative estimate of drug-likeness (QED) is 0.532. The SMILES string of the molecule is CN=C(NCCc1csc(C)n1)NCc1cccc(OCC(=O)N(C)C)c1. The van der Waals surface area contributed by atoms with Gasteiger partial charge in [-0.3, -0.25) is 9.79 Å². The van der Waals surface area contributed by atoms with Gasteiger partial charge in [0.2, 0.25) is 0 Å². The number of benzene rings is 1. The third-order valence-electron chi connectivity index (χ3n) is 3.78. The molecule has 0 unspecified atom stereocenters. The van der Waals surface area contributed by atoms with Gasteiger partial charge in [-0.15, -0.1) is 11.3 Å². The van der Waals surface area contributed by atoms with Crippen LogP contribution in [0.15, 0.2) is 34.6 Å². The number of thiazole rings is 1. The molecule has 2 aromatic rings. The van der Waals surface area contributed by atoms with E-state index in [4.69, 9.17) is 4.74 Å². The minimum atomic E-state index is -0.0709. The molecule has 0 spiro atoms. The second kappa shape index (κ2) is 10.5. The summed E-state index contributed by atoms with van der Waals surface area (Å²) in [6, 6.07) is 7.67. The summed E-state index contributed by atoms with van der Waals surface area (Å²) in [4.78, 5) is 21.8. The lowest BCUT2D eigenvalue weighted by Gasteiger charge is -2.13. The van der Waals surface area contributed by atoms with Crippen molar-refractivity contribution in [2.75, 3.05) is 34.3 Å². The summed E-state index contributed by atoms with van der Waals surface area (Å²) in [5.41, 5.74) is 2.14. The highest BCUT2D eigenvalue weighted by Gasteiger charge is 2.06. The van der Waals surface area contributed by atoms with Gasteiger partial charge < -0.3 is 20.3 Å². The Labute approximate surface area is 164 Å². The number of hydrogen-bond acceptors (Lipinski definition) is 5. The molecule has 146 valence electrons. The Bertz CT molecular complexity index is 773. The Morgan fingerprint density at radius 1 is 1.33 bits per heavy atom. The normalized spacial score (nSPS) is 11.2. The fourth-order valence-corrected chi connectivity index (χ4v) is 2.90. The van der Waals surface area contributed by atoms with Crippen molar-refractivity contribution in [2.45, 2.75) is 19.9 Å². The molecule has 1 aromatic carbocycles. The highest BCUT2D eigenvalue weighted by Crippen LogP contribution is 2.13. The highest BCUT2D eigenvalue weighted by atomic mass is 32.1. The van der Waals surface area contributed by atoms with E-state index in [0.717, 1.165) is 35.2 Å². The average Bonchev–Trinajstić information content (AvgIpc) is 3.07. The van der Waals surface area contributed by atoms with Gasteiger partial charge >= 0.3 is 0 Å². The maximum Gasteiger partial charge on any atom is 0.259 e. The molecule has 2 rings (SSSR count). The summed E-state index contributed by atoms with van der Waals surface area (Å²) in [5.74, 6) is 1.33. The summed E-state index contributed by atoms with van der Waals surface area (Å²) in [6.07, 6.45) is 0.855. The van der Waals surface area contributed by atoms with Crippen LogP contribution in [-0.2, 0) is 17.8 Å². The van der Waals surface area contributed by atoms with Crippen LogP contribution in [0.5, 0.6) is 5.75 Å². The number of carbonyl (C=O) groups excluding carboxylic acids is 1. The number of guanidine groups is 1. The Kier molecular flexibility index (Phi) is 8.06. The predicted molar refractivity (Wildman–Crippen MR) is 109 cm³/mol. The lowest BCUT2D eigenvalue weighted by Crippen LogP contribution is -2.37. The lowest BCUT2D eigenvalue weighted by atomic mass is 10.2. The minimum absolute atomic E-state index is 0.0310. The zero-order valence-electron chi connectivity index (χ0n) is 16.3. The van der Waals surface area contributed by atoms with E-state index < -0.39 is 0 Å². The van der Waals surface area contributed by atoms with E-state index in [1.165, 1.54) is 4.90 Å². The number of carbonyl (C=O) groups is 1. The summed E-state index contributed by atoms with van der Waals surface area (Å²) in [6.45, 7) is 3.41. The number of ether oxygens (including phenoxy) is 1. The van der Waals surface area contributed by atoms with Gasteiger partial charge in [0, 0.05) is 46.0 Å². The third kappa shape index (κ3) is 7.26. The number of likely N-dealkylation sites (N-methyl/N-ethyl adjacent to an activating group) is 1. The number of rotatable bonds is 8. The standard InChI is InChI=1S/C19H27N5O2S/c1-14-23-16(13-27-14)8-9-21-19(20-2)22-11-15-6-5-7-17(10-15)26-12-18(25)24(3)4/h5-7,10,13H,8-9,11-12H2,1-4H3,(H2,20,21,22). The number of aryl methyl sites for hydroxylation is 1. The van der Waals surface area contributed by atoms with Crippen molar-refractivity contribution in [3.05, 3.63) is 45.9 Å². The summed E-state index contributed by atoms with van der Waals surface area (Å²) < 4.78 is 5.55. The fraction of sp³-hybridized carbons (Fsp3) is 0.421. The van der Waals surface area contributed by atoms with Gasteiger partial charge in [0.1, 0.15) is 5.75 Å². The van der Waals surface area contributed by atoms with Gasteiger partial charge in [0.15, 0.2) is 12.6 Å². The second-order valence-corrected chi connectivity index (χ2v) is 7.25. The first-order valence-electron chi connectivity index (χ1n) is 8.75. The maximum atomic E-state index is 11.6. The molecule has 1 aromatic heterocycles. The number of aliphatic imine (C=N–C) groups is 1. The molecule has 0 saturated carbocycles. The van der Waals surface area contributed by atoms with Crippen LogP contribution in [0.25, 0.3) is 0 Å². The van der Waals surface area contributed by atoms with E-state index in [1.54, 1.807) is 32.5 Å². The highest BCUT2D eigenvalue weighted by molar-refractivity contribution is 7.09. The van der Waals surface area contributed by atoms with Crippen LogP contribution in [0.3, 0.4) is 0 Å². The van der Waals surface area contributed by atoms with Crippen LogP contribution >= 0.6 is 11.3 Å². The molecule has 0 aliphatic carbocycles. The van der Waals surface area contributed by atoms with Crippen LogP contribution in [0.4, 0.5) is 0 Å². The molecule has 2 N–H and O–H groups in total. The second-order valence-electron chi connectivity index (χ2n) is 6.18. The zero-order valence-corrected chi connectivity index (χ0v) is 17.1. The van der Waals surface area contributed by atoms with Crippen LogP contribution in [0, 0.1) is 6.92 Å². The molecule has 27 heavy (non-hydrogen) atoms. The monoisotopic (exact) mass is 389 g/mol. The van der Waals surface area contributed by atoms with Gasteiger partial charge in [-0.1, -0.05) is 12.1 Å². The average molecular weight is 390 g/mol. The van der Waals surface area contributed by atoms with Gasteiger partial charge in [0.25, 0.3) is 5.91 Å². The molecule has 7 nitrogen and oxygen atoms in total. The maximum absolute atomic E-state index is 11.6. The third-order valence-corrected chi connectivity index (χ3v) is 4.61. The molecule has 0 fully saturated rings. The van der Waals surface area contributed by atoms with Crippen molar-refractivity contribution < 1.29 is 9.53 Å². The number of hydrogen-bond donors (Lipinski definition) is 2. The number of amides is 1. The molecule has 1 heterocycles. The van der Waals surface area contributed by atoms with Crippen molar-refractivity contribution in [1.29, 1.82) is 0 Å². The molecule has 0 bridgehead atoms. The topological polar surface area (TPSA) is 78.9 Å². The van der Waals surface area contributed by atoms with E-state index in [-0.39, 0.29) is 12.5 Å². The molecular weight excluding hydrogens is 362 g/mol. The van der Waals surface area contributed by atoms with Crippen molar-refractivity contribution in [1.82, 2.24) is 20.5 Å². The van der Waals surface area contributed by atoms with E-state index in [0.29, 0.717) is 12.3 Å². The number of aromatic nitrogens is 1. The predicted octanol–water partition coefficient (Wildman–Crippen LogP) is 1.83. The van der Waals surface area contributed by atoms with Gasteiger partial charge in [-0.2, -0.15) is 0 Å². The van der Waals surface area contributed by atoms with E-state index in [9.17, 15) is 4.79 Å². The van der Waals surface area contributed by atoms with Crippen molar-refractivity contribution in [3.8, 4) is 5.75 Å². The molecule has 0 radical (unpaired) electrons. The first-order chi connectivity index (χ1) is 13.0. The minimum Gasteiger partial charge on any atom is -0.484 e. The van der Waals surface area contributed by atoms with Gasteiger partial charge in [-0.25, -0.2) is 4.98 Å². The first-order valence-corrected chi connectivity index (χ1v) is 9.63. The molecule has 8 heteroatoms. The molecule has 0 saturated heterocycles. The smallest absolute Gasteiger partial charge is 0.259 e. The van der Waals surface area contributed by atoms with E-state index >= 15 is 0 Å². The van der Waals surface area contributed by atoms with E-state index in [2.05, 4.69) is 26.0 Å². The molecule has 1 amide bonds. The summed E-state index contributed by atoms with van der Waals surface area (Å²) >= 11 is 1.66. The summed E-state index contributed by atoms with van der Waals surface area (Å²) in [7, 11) is 5.16. The Hall–Kier alpha value is -2.61. The summed E-state index contributed by atoms with van der Waals surface area (Å²) in [5, 5.41) is 9.73. The lowest BCUT2D eigenvalue weighted by molar-refractivity contribution is -0.130. The fourth-order valence-electron chi connectivity index (χ4n) is 2.26. The van der Waals surface area contributed by atoms with Crippen LogP contribution in [-0.4, -0.2) is 56.0 Å². The zero-order chi connectivity index (χ0) is 19.6. The molecular formula is C19H27N5O2S. The first kappa shape index (κ1) is 20.7. The van der Waals surface area contributed by atoms with Crippen molar-refractivity contribution >= 4 is 23.2 Å². The van der Waals surface area contributed by atoms with Crippen LogP contribution < -0.4 is 15.4 Å². The Morgan fingerprint density at radius 2 is 2.15 bits per heavy atom.